The van der Waals surface area contributed by atoms with Crippen LogP contribution >= 0.6 is 10.7 Å². The Morgan fingerprint density at radius 3 is 2.82 bits per heavy atom. The third-order valence-electron chi connectivity index (χ3n) is 2.40. The maximum Gasteiger partial charge on any atom is 0.280 e. The minimum absolute atomic E-state index is 0.0310. The van der Waals surface area contributed by atoms with Crippen molar-refractivity contribution in [2.24, 2.45) is 0 Å². The van der Waals surface area contributed by atoms with Crippen LogP contribution in [0.5, 0.6) is 0 Å². The second kappa shape index (κ2) is 4.66. The smallest absolute Gasteiger partial charge is 0.280 e. The molecule has 1 fully saturated rings. The van der Waals surface area contributed by atoms with E-state index in [4.69, 9.17) is 10.7 Å². The Labute approximate surface area is 103 Å². The number of hydrogen-bond donors (Lipinski definition) is 1. The van der Waals surface area contributed by atoms with Crippen molar-refractivity contribution in [3.63, 3.8) is 0 Å². The van der Waals surface area contributed by atoms with Gasteiger partial charge in [-0.1, -0.05) is 0 Å². The Morgan fingerprint density at radius 2 is 2.29 bits per heavy atom. The molecule has 1 N–H and O–H groups in total. The highest BCUT2D eigenvalue weighted by Crippen LogP contribution is 2.18. The third kappa shape index (κ3) is 3.71. The first-order valence-corrected chi connectivity index (χ1v) is 7.52. The molecule has 0 bridgehead atoms. The summed E-state index contributed by atoms with van der Waals surface area (Å²) in [4.78, 5) is 15.0. The van der Waals surface area contributed by atoms with Gasteiger partial charge in [0.15, 0.2) is 5.03 Å². The molecule has 1 aromatic rings. The van der Waals surface area contributed by atoms with E-state index in [1.165, 1.54) is 17.1 Å². The van der Waals surface area contributed by atoms with E-state index in [1.54, 1.807) is 0 Å². The lowest BCUT2D eigenvalue weighted by Crippen LogP contribution is -2.26. The summed E-state index contributed by atoms with van der Waals surface area (Å²) < 4.78 is 23.4. The monoisotopic (exact) mass is 277 g/mol. The number of carbonyl (C=O) groups excluding carboxylic acids is 1. The van der Waals surface area contributed by atoms with Crippen LogP contribution in [0, 0.1) is 0 Å². The molecule has 17 heavy (non-hydrogen) atoms. The van der Waals surface area contributed by atoms with Gasteiger partial charge in [0, 0.05) is 35.9 Å². The van der Waals surface area contributed by atoms with Crippen LogP contribution in [0.4, 0.5) is 0 Å². The van der Waals surface area contributed by atoms with E-state index in [2.05, 4.69) is 10.3 Å². The summed E-state index contributed by atoms with van der Waals surface area (Å²) >= 11 is 0. The molecule has 1 aliphatic rings. The molecule has 1 aromatic heterocycles. The molecule has 0 atom stereocenters. The number of nitrogens with zero attached hydrogens (tertiary/aromatic N) is 2. The second-order valence-electron chi connectivity index (χ2n) is 3.98. The average molecular weight is 278 g/mol. The zero-order valence-corrected chi connectivity index (χ0v) is 10.5. The van der Waals surface area contributed by atoms with Gasteiger partial charge in [-0.3, -0.25) is 4.79 Å². The predicted octanol–water partition coefficient (Wildman–Crippen LogP) is 0.479. The van der Waals surface area contributed by atoms with Crippen LogP contribution in [0.1, 0.15) is 19.3 Å². The zero-order chi connectivity index (χ0) is 12.5. The van der Waals surface area contributed by atoms with E-state index < -0.39 is 9.05 Å². The fourth-order valence-corrected chi connectivity index (χ4v) is 2.02. The SMILES string of the molecule is O=C(CCn1cnc(S(=O)(=O)Cl)c1)NC1CC1. The fourth-order valence-electron chi connectivity index (χ4n) is 1.35. The van der Waals surface area contributed by atoms with Crippen LogP contribution < -0.4 is 5.32 Å². The summed E-state index contributed by atoms with van der Waals surface area (Å²) in [6.07, 6.45) is 5.05. The van der Waals surface area contributed by atoms with Gasteiger partial charge >= 0.3 is 0 Å². The first-order chi connectivity index (χ1) is 7.95. The van der Waals surface area contributed by atoms with Crippen LogP contribution in [0.2, 0.25) is 0 Å². The molecule has 0 aliphatic heterocycles. The molecule has 0 aromatic carbocycles. The number of imidazole rings is 1. The molecular weight excluding hydrogens is 266 g/mol. The van der Waals surface area contributed by atoms with E-state index in [9.17, 15) is 13.2 Å². The van der Waals surface area contributed by atoms with Gasteiger partial charge < -0.3 is 9.88 Å². The van der Waals surface area contributed by atoms with Gasteiger partial charge in [0.25, 0.3) is 9.05 Å². The highest BCUT2D eigenvalue weighted by molar-refractivity contribution is 8.13. The van der Waals surface area contributed by atoms with Gasteiger partial charge in [-0.05, 0) is 12.8 Å². The van der Waals surface area contributed by atoms with Crippen LogP contribution in [-0.4, -0.2) is 29.9 Å². The number of amides is 1. The number of halogens is 1. The maximum absolute atomic E-state index is 11.4. The standard InChI is InChI=1S/C9H12ClN3O3S/c10-17(15,16)9-5-13(6-11-9)4-3-8(14)12-7-1-2-7/h5-7H,1-4H2,(H,12,14). The van der Waals surface area contributed by atoms with E-state index in [0.29, 0.717) is 19.0 Å². The fraction of sp³-hybridized carbons (Fsp3) is 0.556. The Morgan fingerprint density at radius 1 is 1.59 bits per heavy atom. The van der Waals surface area contributed by atoms with Crippen LogP contribution in [0.15, 0.2) is 17.6 Å². The van der Waals surface area contributed by atoms with Gasteiger partial charge in [-0.15, -0.1) is 0 Å². The lowest BCUT2D eigenvalue weighted by Gasteiger charge is -2.03. The van der Waals surface area contributed by atoms with Gasteiger partial charge in [0.2, 0.25) is 5.91 Å². The molecule has 0 radical (unpaired) electrons. The van der Waals surface area contributed by atoms with E-state index in [0.717, 1.165) is 12.8 Å². The lowest BCUT2D eigenvalue weighted by molar-refractivity contribution is -0.121. The quantitative estimate of drug-likeness (QED) is 0.794. The van der Waals surface area contributed by atoms with Crippen molar-refractivity contribution in [1.29, 1.82) is 0 Å². The molecule has 0 spiro atoms. The van der Waals surface area contributed by atoms with Gasteiger partial charge in [0.05, 0.1) is 6.33 Å². The molecule has 1 amide bonds. The summed E-state index contributed by atoms with van der Waals surface area (Å²) in [6.45, 7) is 0.387. The summed E-state index contributed by atoms with van der Waals surface area (Å²) in [6, 6.07) is 0.337. The molecule has 2 rings (SSSR count). The highest BCUT2D eigenvalue weighted by Gasteiger charge is 2.23. The van der Waals surface area contributed by atoms with Crippen molar-refractivity contribution in [3.05, 3.63) is 12.5 Å². The van der Waals surface area contributed by atoms with E-state index >= 15 is 0 Å². The minimum Gasteiger partial charge on any atom is -0.353 e. The molecule has 8 heteroatoms. The molecule has 0 saturated heterocycles. The van der Waals surface area contributed by atoms with Crippen molar-refractivity contribution in [2.45, 2.75) is 36.9 Å². The molecule has 0 unspecified atom stereocenters. The van der Waals surface area contributed by atoms with Crippen LogP contribution in [-0.2, 0) is 20.4 Å². The number of carbonyl (C=O) groups is 1. The van der Waals surface area contributed by atoms with Gasteiger partial charge in [0.1, 0.15) is 0 Å². The summed E-state index contributed by atoms with van der Waals surface area (Å²) in [5.41, 5.74) is 0. The number of nitrogens with one attached hydrogen (secondary N) is 1. The first kappa shape index (κ1) is 12.4. The Kier molecular flexibility index (Phi) is 3.39. The Bertz CT molecular complexity index is 521. The van der Waals surface area contributed by atoms with Crippen molar-refractivity contribution in [1.82, 2.24) is 14.9 Å². The zero-order valence-electron chi connectivity index (χ0n) is 8.97. The molecule has 1 aliphatic carbocycles. The third-order valence-corrected chi connectivity index (χ3v) is 3.58. The summed E-state index contributed by atoms with van der Waals surface area (Å²) in [5.74, 6) is -0.0310. The Hall–Kier alpha value is -1.08. The van der Waals surface area contributed by atoms with Gasteiger partial charge in [-0.2, -0.15) is 0 Å². The Balaban J connectivity index is 1.86. The topological polar surface area (TPSA) is 81.1 Å². The highest BCUT2D eigenvalue weighted by atomic mass is 35.7. The van der Waals surface area contributed by atoms with Crippen molar-refractivity contribution < 1.29 is 13.2 Å². The van der Waals surface area contributed by atoms with E-state index in [1.807, 2.05) is 0 Å². The normalized spacial score (nSPS) is 15.8. The average Bonchev–Trinajstić information content (AvgIpc) is 2.90. The second-order valence-corrected chi connectivity index (χ2v) is 6.49. The summed E-state index contributed by atoms with van der Waals surface area (Å²) in [7, 11) is 1.34. The lowest BCUT2D eigenvalue weighted by atomic mass is 10.4. The van der Waals surface area contributed by atoms with Crippen molar-refractivity contribution in [3.8, 4) is 0 Å². The number of aryl methyl sites for hydroxylation is 1. The van der Waals surface area contributed by atoms with Crippen molar-refractivity contribution in [2.75, 3.05) is 0 Å². The maximum atomic E-state index is 11.4. The number of hydrogen-bond acceptors (Lipinski definition) is 4. The molecule has 6 nitrogen and oxygen atoms in total. The summed E-state index contributed by atoms with van der Waals surface area (Å²) in [5, 5.41) is 2.65. The molecular formula is C9H12ClN3O3S. The van der Waals surface area contributed by atoms with E-state index in [-0.39, 0.29) is 10.9 Å². The predicted molar refractivity (Wildman–Crippen MR) is 61.0 cm³/mol. The molecule has 1 saturated carbocycles. The van der Waals surface area contributed by atoms with Crippen molar-refractivity contribution >= 4 is 25.6 Å². The van der Waals surface area contributed by atoms with Crippen LogP contribution in [0.3, 0.4) is 0 Å². The van der Waals surface area contributed by atoms with Crippen LogP contribution in [0.25, 0.3) is 0 Å². The molecule has 1 heterocycles. The largest absolute Gasteiger partial charge is 0.353 e. The molecule has 94 valence electrons. The number of rotatable bonds is 5. The minimum atomic E-state index is -3.79. The van der Waals surface area contributed by atoms with Gasteiger partial charge in [-0.25, -0.2) is 13.4 Å². The number of aromatic nitrogens is 2. The first-order valence-electron chi connectivity index (χ1n) is 5.21.